The summed E-state index contributed by atoms with van der Waals surface area (Å²) in [5.41, 5.74) is 2.86. The van der Waals surface area contributed by atoms with E-state index in [-0.39, 0.29) is 0 Å². The van der Waals surface area contributed by atoms with Gasteiger partial charge in [-0.1, -0.05) is 37.8 Å². The molecule has 92 valence electrons. The molecule has 0 aromatic heterocycles. The molecule has 1 atom stereocenters. The summed E-state index contributed by atoms with van der Waals surface area (Å²) < 4.78 is 1.22. The van der Waals surface area contributed by atoms with Gasteiger partial charge in [0.25, 0.3) is 0 Å². The lowest BCUT2D eigenvalue weighted by Gasteiger charge is -2.13. The van der Waals surface area contributed by atoms with Crippen LogP contribution < -0.4 is 5.32 Å². The molecule has 1 aliphatic heterocycles. The van der Waals surface area contributed by atoms with Crippen LogP contribution in [0, 0.1) is 5.92 Å². The molecule has 1 aromatic carbocycles. The average molecular weight is 294 g/mol. The number of nitrogens with one attached hydrogen (secondary N) is 1. The van der Waals surface area contributed by atoms with Crippen LogP contribution in [0.4, 0.5) is 5.69 Å². The summed E-state index contributed by atoms with van der Waals surface area (Å²) in [7, 11) is 0. The number of halogens is 1. The maximum atomic E-state index is 3.63. The van der Waals surface area contributed by atoms with E-state index in [9.17, 15) is 0 Å². The molecule has 0 radical (unpaired) electrons. The minimum atomic E-state index is 0.739. The number of hydrogen-bond donors (Lipinski definition) is 1. The standard InChI is InChI=1S/C15H20BrN/c16-14-7-3-6-13-12(10-17-15(13)14)9-8-11-4-1-2-5-11/h3,6-7,11-12,17H,1-2,4-5,8-10H2. The molecule has 1 aromatic rings. The van der Waals surface area contributed by atoms with Crippen LogP contribution in [0.2, 0.25) is 0 Å². The van der Waals surface area contributed by atoms with Crippen LogP contribution in [-0.4, -0.2) is 6.54 Å². The van der Waals surface area contributed by atoms with Gasteiger partial charge in [0.15, 0.2) is 0 Å². The Morgan fingerprint density at radius 2 is 2.00 bits per heavy atom. The predicted octanol–water partition coefficient (Wildman–Crippen LogP) is 4.93. The molecule has 1 heterocycles. The molecule has 1 fully saturated rings. The summed E-state index contributed by atoms with van der Waals surface area (Å²) in [6, 6.07) is 6.59. The lowest BCUT2D eigenvalue weighted by atomic mass is 9.91. The van der Waals surface area contributed by atoms with E-state index in [1.54, 1.807) is 0 Å². The minimum Gasteiger partial charge on any atom is -0.383 e. The van der Waals surface area contributed by atoms with Gasteiger partial charge in [-0.15, -0.1) is 0 Å². The molecular weight excluding hydrogens is 274 g/mol. The van der Waals surface area contributed by atoms with Gasteiger partial charge in [-0.05, 0) is 46.3 Å². The Kier molecular flexibility index (Phi) is 3.41. The number of fused-ring (bicyclic) bond motifs is 1. The molecule has 1 nitrogen and oxygen atoms in total. The van der Waals surface area contributed by atoms with Crippen LogP contribution in [0.1, 0.15) is 50.0 Å². The monoisotopic (exact) mass is 293 g/mol. The maximum Gasteiger partial charge on any atom is 0.0520 e. The number of hydrogen-bond acceptors (Lipinski definition) is 1. The first-order valence-corrected chi connectivity index (χ1v) is 7.66. The molecule has 0 amide bonds. The number of rotatable bonds is 3. The summed E-state index contributed by atoms with van der Waals surface area (Å²) in [6.07, 6.45) is 8.68. The van der Waals surface area contributed by atoms with Crippen molar-refractivity contribution in [2.24, 2.45) is 5.92 Å². The van der Waals surface area contributed by atoms with E-state index < -0.39 is 0 Å². The van der Waals surface area contributed by atoms with E-state index in [0.717, 1.165) is 18.4 Å². The fraction of sp³-hybridized carbons (Fsp3) is 0.600. The van der Waals surface area contributed by atoms with Gasteiger partial charge in [0.2, 0.25) is 0 Å². The zero-order valence-electron chi connectivity index (χ0n) is 10.2. The third-order valence-electron chi connectivity index (χ3n) is 4.41. The molecule has 1 aliphatic carbocycles. The van der Waals surface area contributed by atoms with Gasteiger partial charge in [0.05, 0.1) is 5.69 Å². The smallest absolute Gasteiger partial charge is 0.0520 e. The third kappa shape index (κ3) is 2.37. The van der Waals surface area contributed by atoms with Crippen LogP contribution in [0.25, 0.3) is 0 Å². The normalized spacial score (nSPS) is 23.7. The van der Waals surface area contributed by atoms with Crippen molar-refractivity contribution in [1.29, 1.82) is 0 Å². The highest BCUT2D eigenvalue weighted by molar-refractivity contribution is 9.10. The van der Waals surface area contributed by atoms with E-state index in [1.807, 2.05) is 0 Å². The Hall–Kier alpha value is -0.500. The third-order valence-corrected chi connectivity index (χ3v) is 5.07. The largest absolute Gasteiger partial charge is 0.383 e. The van der Waals surface area contributed by atoms with E-state index >= 15 is 0 Å². The number of anilines is 1. The fourth-order valence-electron chi connectivity index (χ4n) is 3.40. The van der Waals surface area contributed by atoms with Crippen molar-refractivity contribution in [3.05, 3.63) is 28.2 Å². The summed E-state index contributed by atoms with van der Waals surface area (Å²) in [5, 5.41) is 3.55. The van der Waals surface area contributed by atoms with Crippen molar-refractivity contribution < 1.29 is 0 Å². The van der Waals surface area contributed by atoms with Gasteiger partial charge < -0.3 is 5.32 Å². The van der Waals surface area contributed by atoms with E-state index in [1.165, 1.54) is 54.2 Å². The van der Waals surface area contributed by atoms with Gasteiger partial charge in [-0.25, -0.2) is 0 Å². The number of para-hydroxylation sites is 1. The summed E-state index contributed by atoms with van der Waals surface area (Å²) in [5.74, 6) is 1.76. The fourth-order valence-corrected chi connectivity index (χ4v) is 3.92. The van der Waals surface area contributed by atoms with Crippen LogP contribution in [0.5, 0.6) is 0 Å². The summed E-state index contributed by atoms with van der Waals surface area (Å²) >= 11 is 3.63. The molecule has 17 heavy (non-hydrogen) atoms. The Bertz CT molecular complexity index is 396. The Balaban J connectivity index is 1.65. The van der Waals surface area contributed by atoms with Gasteiger partial charge in [0, 0.05) is 16.9 Å². The molecule has 0 spiro atoms. The quantitative estimate of drug-likeness (QED) is 0.833. The second-order valence-corrected chi connectivity index (χ2v) is 6.36. The van der Waals surface area contributed by atoms with Crippen molar-refractivity contribution in [2.75, 3.05) is 11.9 Å². The SMILES string of the molecule is Brc1cccc2c1NCC2CCC1CCCC1. The topological polar surface area (TPSA) is 12.0 Å². The van der Waals surface area contributed by atoms with Gasteiger partial charge in [0.1, 0.15) is 0 Å². The predicted molar refractivity (Wildman–Crippen MR) is 76.6 cm³/mol. The molecular formula is C15H20BrN. The molecule has 2 heteroatoms. The zero-order chi connectivity index (χ0) is 11.7. The highest BCUT2D eigenvalue weighted by Gasteiger charge is 2.25. The van der Waals surface area contributed by atoms with E-state index in [0.29, 0.717) is 0 Å². The Labute approximate surface area is 112 Å². The molecule has 1 saturated carbocycles. The Morgan fingerprint density at radius 1 is 1.18 bits per heavy atom. The lowest BCUT2D eigenvalue weighted by Crippen LogP contribution is -2.04. The molecule has 1 unspecified atom stereocenters. The van der Waals surface area contributed by atoms with Crippen LogP contribution >= 0.6 is 15.9 Å². The van der Waals surface area contributed by atoms with E-state index in [2.05, 4.69) is 39.4 Å². The average Bonchev–Trinajstić information content (AvgIpc) is 2.95. The van der Waals surface area contributed by atoms with Crippen molar-refractivity contribution in [1.82, 2.24) is 0 Å². The highest BCUT2D eigenvalue weighted by atomic mass is 79.9. The highest BCUT2D eigenvalue weighted by Crippen LogP contribution is 2.40. The first-order valence-electron chi connectivity index (χ1n) is 6.87. The second kappa shape index (κ2) is 5.01. The summed E-state index contributed by atoms with van der Waals surface area (Å²) in [6.45, 7) is 1.13. The van der Waals surface area contributed by atoms with E-state index in [4.69, 9.17) is 0 Å². The molecule has 2 aliphatic rings. The van der Waals surface area contributed by atoms with Crippen LogP contribution in [0.3, 0.4) is 0 Å². The van der Waals surface area contributed by atoms with Gasteiger partial charge in [-0.3, -0.25) is 0 Å². The molecule has 3 rings (SSSR count). The van der Waals surface area contributed by atoms with Crippen molar-refractivity contribution in [3.63, 3.8) is 0 Å². The number of benzene rings is 1. The first kappa shape index (κ1) is 11.6. The Morgan fingerprint density at radius 3 is 2.82 bits per heavy atom. The van der Waals surface area contributed by atoms with Crippen molar-refractivity contribution in [3.8, 4) is 0 Å². The zero-order valence-corrected chi connectivity index (χ0v) is 11.8. The van der Waals surface area contributed by atoms with Crippen LogP contribution in [-0.2, 0) is 0 Å². The van der Waals surface area contributed by atoms with Gasteiger partial charge in [-0.2, -0.15) is 0 Å². The van der Waals surface area contributed by atoms with Crippen molar-refractivity contribution >= 4 is 21.6 Å². The van der Waals surface area contributed by atoms with Crippen LogP contribution in [0.15, 0.2) is 22.7 Å². The molecule has 1 N–H and O–H groups in total. The minimum absolute atomic E-state index is 0.739. The lowest BCUT2D eigenvalue weighted by molar-refractivity contribution is 0.459. The maximum absolute atomic E-state index is 3.63. The van der Waals surface area contributed by atoms with Crippen molar-refractivity contribution in [2.45, 2.75) is 44.4 Å². The molecule has 0 saturated heterocycles. The first-order chi connectivity index (χ1) is 8.34. The molecule has 0 bridgehead atoms. The second-order valence-electron chi connectivity index (χ2n) is 5.51. The summed E-state index contributed by atoms with van der Waals surface area (Å²) in [4.78, 5) is 0. The van der Waals surface area contributed by atoms with Gasteiger partial charge >= 0.3 is 0 Å².